The zero-order chi connectivity index (χ0) is 41.3. The van der Waals surface area contributed by atoms with Crippen molar-refractivity contribution in [2.75, 3.05) is 0 Å². The van der Waals surface area contributed by atoms with Crippen LogP contribution in [0.15, 0.2) is 142 Å². The molecule has 5 nitrogen and oxygen atoms in total. The van der Waals surface area contributed by atoms with Crippen LogP contribution in [-0.4, -0.2) is 27.8 Å². The third-order valence-electron chi connectivity index (χ3n) is 10.1. The molecule has 0 aliphatic rings. The quantitative estimate of drug-likeness (QED) is 0.127. The van der Waals surface area contributed by atoms with E-state index >= 15 is 0 Å². The summed E-state index contributed by atoms with van der Waals surface area (Å²) in [4.78, 5) is 9.64. The second-order valence-corrected chi connectivity index (χ2v) is 25.6. The van der Waals surface area contributed by atoms with Gasteiger partial charge in [-0.3, -0.25) is 4.98 Å². The molecule has 10 rings (SSSR count). The topological polar surface area (TPSA) is 57.0 Å². The molecule has 0 spiro atoms. The molecule has 0 bridgehead atoms. The smallest absolute Gasteiger partial charge is 0.158 e. The van der Waals surface area contributed by atoms with E-state index in [4.69, 9.17) is 19.3 Å². The normalized spacial score (nSPS) is 13.2. The second kappa shape index (κ2) is 15.0. The minimum atomic E-state index is -2.14. The summed E-state index contributed by atoms with van der Waals surface area (Å²) in [6.45, 7) is 1.66. The maximum atomic E-state index is 8.49. The van der Waals surface area contributed by atoms with E-state index in [-0.39, 0.29) is 25.7 Å². The molecule has 4 aromatic heterocycles. The Labute approximate surface area is 348 Å². The van der Waals surface area contributed by atoms with Crippen molar-refractivity contribution >= 4 is 72.6 Å². The third-order valence-corrected chi connectivity index (χ3v) is 14.3. The van der Waals surface area contributed by atoms with Crippen LogP contribution in [0.3, 0.4) is 0 Å². The number of imidazole rings is 1. The minimum Gasteiger partial charge on any atom is -0.501 e. The van der Waals surface area contributed by atoms with Crippen LogP contribution in [0.5, 0.6) is 0 Å². The minimum absolute atomic E-state index is 0. The summed E-state index contributed by atoms with van der Waals surface area (Å²) in [5.74, 6) is 6.95. The Morgan fingerprint density at radius 3 is 2.12 bits per heavy atom. The number of rotatable bonds is 5. The average molecular weight is 973 g/mol. The van der Waals surface area contributed by atoms with Crippen LogP contribution in [0.1, 0.15) is 36.4 Å². The molecule has 0 atom stereocenters. The Morgan fingerprint density at radius 2 is 1.43 bits per heavy atom. The molecule has 6 aromatic carbocycles. The Kier molecular flexibility index (Phi) is 8.82. The van der Waals surface area contributed by atoms with Crippen LogP contribution < -0.4 is 4.40 Å². The van der Waals surface area contributed by atoms with Gasteiger partial charge in [0, 0.05) is 36.3 Å². The number of para-hydroxylation sites is 5. The van der Waals surface area contributed by atoms with Gasteiger partial charge < -0.3 is 13.4 Å². The van der Waals surface area contributed by atoms with Gasteiger partial charge in [0.2, 0.25) is 0 Å². The van der Waals surface area contributed by atoms with Crippen molar-refractivity contribution in [3.05, 3.63) is 157 Å². The molecule has 0 N–H and O–H groups in total. The van der Waals surface area contributed by atoms with Gasteiger partial charge in [0.25, 0.3) is 0 Å². The first kappa shape index (κ1) is 32.9. The molecule has 56 heavy (non-hydrogen) atoms. The molecule has 10 aromatic rings. The predicted molar refractivity (Wildman–Crippen MR) is 230 cm³/mol. The monoisotopic (exact) mass is 974 g/mol. The number of nitrogens with zero attached hydrogens (tertiary/aromatic N) is 3. The zero-order valence-corrected chi connectivity index (χ0v) is 36.2. The SMILES string of the molecule is [2H]C([2H])([2H])c1c[c-]c(-c2cc(C([2H])(C)C)[c]([Ge]([CH3])([CH3])[CH3])cn2)cc1.[Ir].[c-]1ccc2c(oc3ccccc32)c1-c1nc2ccccc2n1-c1cccc2c1oc1ccccc12. The number of furan rings is 2. The van der Waals surface area contributed by atoms with Gasteiger partial charge in [-0.15, -0.1) is 18.2 Å². The van der Waals surface area contributed by atoms with Crippen LogP contribution in [0.2, 0.25) is 17.3 Å². The van der Waals surface area contributed by atoms with E-state index in [1.54, 1.807) is 12.1 Å². The fraction of sp³-hybridized carbons (Fsp3) is 0.143. The molecule has 0 unspecified atom stereocenters. The molecular formula is C49H41GeIrN3O2-2. The molecule has 7 heteroatoms. The van der Waals surface area contributed by atoms with Gasteiger partial charge in [0.15, 0.2) is 5.58 Å². The van der Waals surface area contributed by atoms with E-state index in [1.165, 1.54) is 10.5 Å². The average Bonchev–Trinajstić information content (AvgIpc) is 3.91. The largest absolute Gasteiger partial charge is 0.501 e. The van der Waals surface area contributed by atoms with Gasteiger partial charge in [-0.05, 0) is 30.3 Å². The zero-order valence-electron chi connectivity index (χ0n) is 35.7. The number of benzene rings is 6. The summed E-state index contributed by atoms with van der Waals surface area (Å²) in [5.41, 5.74) is 9.75. The van der Waals surface area contributed by atoms with Crippen molar-refractivity contribution in [3.8, 4) is 28.3 Å². The number of hydrogen-bond donors (Lipinski definition) is 0. The van der Waals surface area contributed by atoms with E-state index in [9.17, 15) is 0 Å². The van der Waals surface area contributed by atoms with Gasteiger partial charge in [0.05, 0.1) is 28.1 Å². The van der Waals surface area contributed by atoms with Gasteiger partial charge in [-0.25, -0.2) is 0 Å². The van der Waals surface area contributed by atoms with E-state index < -0.39 is 26.0 Å². The summed E-state index contributed by atoms with van der Waals surface area (Å²) in [7, 11) is 0. The van der Waals surface area contributed by atoms with Crippen LogP contribution in [0.4, 0.5) is 0 Å². The Bertz CT molecular complexity index is 3190. The number of hydrogen-bond acceptors (Lipinski definition) is 4. The van der Waals surface area contributed by atoms with E-state index in [0.717, 1.165) is 88.8 Å². The summed E-state index contributed by atoms with van der Waals surface area (Å²) >= 11 is -2.14. The van der Waals surface area contributed by atoms with Crippen LogP contribution in [0.25, 0.3) is 83.2 Å². The number of fused-ring (bicyclic) bond motifs is 7. The molecule has 1 radical (unpaired) electrons. The van der Waals surface area contributed by atoms with Crippen molar-refractivity contribution in [1.29, 1.82) is 0 Å². The molecular weight excluding hydrogens is 927 g/mol. The first-order valence-corrected chi connectivity index (χ1v) is 25.8. The van der Waals surface area contributed by atoms with Crippen molar-refractivity contribution in [2.45, 2.75) is 43.9 Å². The first-order valence-electron chi connectivity index (χ1n) is 20.4. The van der Waals surface area contributed by atoms with E-state index in [2.05, 4.69) is 81.4 Å². The fourth-order valence-corrected chi connectivity index (χ4v) is 10.7. The van der Waals surface area contributed by atoms with Crippen molar-refractivity contribution < 1.29 is 34.4 Å². The van der Waals surface area contributed by atoms with Gasteiger partial charge in [0.1, 0.15) is 11.2 Å². The van der Waals surface area contributed by atoms with Crippen LogP contribution >= 0.6 is 0 Å². The van der Waals surface area contributed by atoms with Gasteiger partial charge in [-0.2, -0.15) is 0 Å². The van der Waals surface area contributed by atoms with Crippen molar-refractivity contribution in [1.82, 2.24) is 14.5 Å². The predicted octanol–water partition coefficient (Wildman–Crippen LogP) is 12.8. The van der Waals surface area contributed by atoms with E-state index in [1.807, 2.05) is 86.8 Å². The number of pyridine rings is 1. The Hall–Kier alpha value is -5.27. The number of aromatic nitrogens is 3. The first-order chi connectivity index (χ1) is 28.2. The fourth-order valence-electron chi connectivity index (χ4n) is 7.40. The summed E-state index contributed by atoms with van der Waals surface area (Å²) < 4.78 is 47.0. The molecule has 0 amide bonds. The summed E-state index contributed by atoms with van der Waals surface area (Å²) in [6.07, 6.45) is 1.91. The van der Waals surface area contributed by atoms with E-state index in [0.29, 0.717) is 0 Å². The Morgan fingerprint density at radius 1 is 0.750 bits per heavy atom. The molecule has 0 aliphatic carbocycles. The van der Waals surface area contributed by atoms with Gasteiger partial charge in [-0.1, -0.05) is 71.6 Å². The molecule has 0 fully saturated rings. The van der Waals surface area contributed by atoms with Crippen LogP contribution in [0, 0.1) is 19.0 Å². The van der Waals surface area contributed by atoms with Crippen molar-refractivity contribution in [3.63, 3.8) is 0 Å². The van der Waals surface area contributed by atoms with Gasteiger partial charge >= 0.3 is 131 Å². The Balaban J connectivity index is 0.000000177. The summed E-state index contributed by atoms with van der Waals surface area (Å²) in [6, 6.07) is 48.0. The molecule has 279 valence electrons. The van der Waals surface area contributed by atoms with Crippen molar-refractivity contribution in [2.24, 2.45) is 0 Å². The third kappa shape index (κ3) is 6.70. The molecule has 0 saturated carbocycles. The molecule has 0 saturated heterocycles. The van der Waals surface area contributed by atoms with Crippen LogP contribution in [-0.2, 0) is 20.1 Å². The number of aryl methyl sites for hydroxylation is 1. The maximum absolute atomic E-state index is 8.49. The second-order valence-electron chi connectivity index (χ2n) is 15.1. The summed E-state index contributed by atoms with van der Waals surface area (Å²) in [5, 5.41) is 4.31. The molecule has 0 aliphatic heterocycles. The standard InChI is InChI=1S/C31H17N2O2.C18H24GeN.Ir/c1-5-17-27-19(9-1)21-11-7-13-23(29(21)34-27)31-32-24-14-3-4-15-25(24)33(31)26-16-8-12-22-20-10-2-6-18-28(20)35-30(22)26;1-13(2)16-11-18(15-9-7-14(3)8-10-15)20-12-17(16)19(4,5)6;/h1-12,14-18H;7-9,11-13H,1-6H3;/q2*-1;/i;3D3,13D;. The maximum Gasteiger partial charge on any atom is 0.158 e. The molecule has 4 heterocycles.